The Bertz CT molecular complexity index is 308. The molecule has 2 atom stereocenters. The number of aliphatic hydroxyl groups is 1. The predicted octanol–water partition coefficient (Wildman–Crippen LogP) is 3.01. The first-order chi connectivity index (χ1) is 9.03. The topological polar surface area (TPSA) is 49.3 Å². The van der Waals surface area contributed by atoms with Gasteiger partial charge in [0.25, 0.3) is 0 Å². The maximum atomic E-state index is 12.7. The smallest absolute Gasteiger partial charge is 0.226 e. The summed E-state index contributed by atoms with van der Waals surface area (Å²) in [6.45, 7) is 4.39. The zero-order valence-corrected chi connectivity index (χ0v) is 12.5. The summed E-state index contributed by atoms with van der Waals surface area (Å²) in [5.41, 5.74) is -0.147. The standard InChI is InChI=1S/C16H29NO2/c1-12(2)11-16(9-5-6-10-16)15(19)17-13-7-3-4-8-14(13)18/h12-14,18H,3-11H2,1-2H3,(H,17,19). The van der Waals surface area contributed by atoms with Crippen LogP contribution in [0.3, 0.4) is 0 Å². The number of rotatable bonds is 4. The number of nitrogens with one attached hydrogen (secondary N) is 1. The maximum Gasteiger partial charge on any atom is 0.226 e. The third-order valence-corrected chi connectivity index (χ3v) is 4.89. The first kappa shape index (κ1) is 14.8. The average molecular weight is 267 g/mol. The molecule has 0 saturated heterocycles. The maximum absolute atomic E-state index is 12.7. The quantitative estimate of drug-likeness (QED) is 0.822. The van der Waals surface area contributed by atoms with Crippen LogP contribution in [0.15, 0.2) is 0 Å². The highest BCUT2D eigenvalue weighted by Crippen LogP contribution is 2.43. The minimum Gasteiger partial charge on any atom is -0.391 e. The van der Waals surface area contributed by atoms with Crippen molar-refractivity contribution in [1.82, 2.24) is 5.32 Å². The molecule has 1 amide bonds. The molecule has 2 aliphatic rings. The highest BCUT2D eigenvalue weighted by Gasteiger charge is 2.42. The van der Waals surface area contributed by atoms with Crippen LogP contribution in [0.1, 0.15) is 71.6 Å². The van der Waals surface area contributed by atoms with Crippen LogP contribution in [-0.4, -0.2) is 23.2 Å². The van der Waals surface area contributed by atoms with Gasteiger partial charge >= 0.3 is 0 Å². The monoisotopic (exact) mass is 267 g/mol. The molecular formula is C16H29NO2. The van der Waals surface area contributed by atoms with Crippen LogP contribution in [0, 0.1) is 11.3 Å². The van der Waals surface area contributed by atoms with Gasteiger partial charge in [0.15, 0.2) is 0 Å². The van der Waals surface area contributed by atoms with E-state index < -0.39 is 0 Å². The minimum absolute atomic E-state index is 0.00844. The average Bonchev–Trinajstić information content (AvgIpc) is 2.81. The fourth-order valence-electron chi connectivity index (χ4n) is 3.96. The SMILES string of the molecule is CC(C)CC1(C(=O)NC2CCCCC2O)CCCC1. The second kappa shape index (κ2) is 6.25. The van der Waals surface area contributed by atoms with Crippen LogP contribution in [0.2, 0.25) is 0 Å². The molecule has 3 nitrogen and oxygen atoms in total. The van der Waals surface area contributed by atoms with Crippen molar-refractivity contribution in [2.45, 2.75) is 83.8 Å². The molecular weight excluding hydrogens is 238 g/mol. The molecule has 0 aromatic heterocycles. The van der Waals surface area contributed by atoms with Crippen molar-refractivity contribution in [2.75, 3.05) is 0 Å². The predicted molar refractivity (Wildman–Crippen MR) is 76.8 cm³/mol. The molecule has 19 heavy (non-hydrogen) atoms. The minimum atomic E-state index is -0.338. The van der Waals surface area contributed by atoms with Crippen molar-refractivity contribution in [3.8, 4) is 0 Å². The van der Waals surface area contributed by atoms with Crippen molar-refractivity contribution >= 4 is 5.91 Å². The van der Waals surface area contributed by atoms with Crippen LogP contribution in [0.25, 0.3) is 0 Å². The number of amides is 1. The number of hydrogen-bond acceptors (Lipinski definition) is 2. The number of aliphatic hydroxyl groups excluding tert-OH is 1. The lowest BCUT2D eigenvalue weighted by Gasteiger charge is -2.34. The molecule has 2 saturated carbocycles. The van der Waals surface area contributed by atoms with E-state index >= 15 is 0 Å². The highest BCUT2D eigenvalue weighted by molar-refractivity contribution is 5.83. The molecule has 2 unspecified atom stereocenters. The summed E-state index contributed by atoms with van der Waals surface area (Å²) in [5, 5.41) is 13.2. The summed E-state index contributed by atoms with van der Waals surface area (Å²) in [4.78, 5) is 12.7. The molecule has 110 valence electrons. The van der Waals surface area contributed by atoms with Crippen molar-refractivity contribution in [1.29, 1.82) is 0 Å². The van der Waals surface area contributed by atoms with Crippen molar-refractivity contribution < 1.29 is 9.90 Å². The van der Waals surface area contributed by atoms with Gasteiger partial charge in [0, 0.05) is 5.41 Å². The summed E-state index contributed by atoms with van der Waals surface area (Å²) in [6, 6.07) is -0.00844. The Morgan fingerprint density at radius 3 is 2.42 bits per heavy atom. The second-order valence-corrected chi connectivity index (χ2v) is 7.02. The third kappa shape index (κ3) is 3.50. The van der Waals surface area contributed by atoms with Gasteiger partial charge in [-0.2, -0.15) is 0 Å². The highest BCUT2D eigenvalue weighted by atomic mass is 16.3. The lowest BCUT2D eigenvalue weighted by Crippen LogP contribution is -2.50. The van der Waals surface area contributed by atoms with E-state index in [0.717, 1.165) is 44.9 Å². The zero-order chi connectivity index (χ0) is 13.9. The normalized spacial score (nSPS) is 30.5. The van der Waals surface area contributed by atoms with Gasteiger partial charge in [-0.05, 0) is 38.0 Å². The van der Waals surface area contributed by atoms with Crippen molar-refractivity contribution in [3.63, 3.8) is 0 Å². The Hall–Kier alpha value is -0.570. The first-order valence-corrected chi connectivity index (χ1v) is 8.02. The largest absolute Gasteiger partial charge is 0.391 e. The molecule has 0 radical (unpaired) electrons. The zero-order valence-electron chi connectivity index (χ0n) is 12.5. The molecule has 0 spiro atoms. The molecule has 0 bridgehead atoms. The van der Waals surface area contributed by atoms with Gasteiger partial charge in [0.2, 0.25) is 5.91 Å². The van der Waals surface area contributed by atoms with Gasteiger partial charge in [-0.3, -0.25) is 4.79 Å². The third-order valence-electron chi connectivity index (χ3n) is 4.89. The number of hydrogen-bond donors (Lipinski definition) is 2. The van der Waals surface area contributed by atoms with Gasteiger partial charge in [-0.1, -0.05) is 39.5 Å². The van der Waals surface area contributed by atoms with E-state index in [1.807, 2.05) is 0 Å². The van der Waals surface area contributed by atoms with Crippen LogP contribution in [0.4, 0.5) is 0 Å². The Morgan fingerprint density at radius 1 is 1.21 bits per heavy atom. The lowest BCUT2D eigenvalue weighted by atomic mass is 9.77. The van der Waals surface area contributed by atoms with Crippen LogP contribution < -0.4 is 5.32 Å². The molecule has 0 aromatic carbocycles. The fourth-order valence-corrected chi connectivity index (χ4v) is 3.96. The van der Waals surface area contributed by atoms with Gasteiger partial charge < -0.3 is 10.4 Å². The molecule has 0 aliphatic heterocycles. The molecule has 2 fully saturated rings. The van der Waals surface area contributed by atoms with Gasteiger partial charge in [-0.25, -0.2) is 0 Å². The molecule has 2 rings (SSSR count). The Kier molecular flexibility index (Phi) is 4.88. The molecule has 0 heterocycles. The Labute approximate surface area is 117 Å². The van der Waals surface area contributed by atoms with Gasteiger partial charge in [0.1, 0.15) is 0 Å². The molecule has 2 N–H and O–H groups in total. The van der Waals surface area contributed by atoms with Crippen LogP contribution in [0.5, 0.6) is 0 Å². The van der Waals surface area contributed by atoms with Crippen molar-refractivity contribution in [2.24, 2.45) is 11.3 Å². The number of carbonyl (C=O) groups excluding carboxylic acids is 1. The van der Waals surface area contributed by atoms with Gasteiger partial charge in [-0.15, -0.1) is 0 Å². The first-order valence-electron chi connectivity index (χ1n) is 8.02. The summed E-state index contributed by atoms with van der Waals surface area (Å²) in [7, 11) is 0. The molecule has 3 heteroatoms. The Morgan fingerprint density at radius 2 is 1.84 bits per heavy atom. The second-order valence-electron chi connectivity index (χ2n) is 7.02. The van der Waals surface area contributed by atoms with E-state index in [-0.39, 0.29) is 23.5 Å². The van der Waals surface area contributed by atoms with E-state index in [4.69, 9.17) is 0 Å². The molecule has 0 aromatic rings. The Balaban J connectivity index is 1.99. The summed E-state index contributed by atoms with van der Waals surface area (Å²) in [6.07, 6.45) is 9.04. The van der Waals surface area contributed by atoms with E-state index in [1.165, 1.54) is 12.8 Å². The fraction of sp³-hybridized carbons (Fsp3) is 0.938. The summed E-state index contributed by atoms with van der Waals surface area (Å²) < 4.78 is 0. The van der Waals surface area contributed by atoms with Crippen LogP contribution in [-0.2, 0) is 4.79 Å². The summed E-state index contributed by atoms with van der Waals surface area (Å²) in [5.74, 6) is 0.768. The van der Waals surface area contributed by atoms with Gasteiger partial charge in [0.05, 0.1) is 12.1 Å². The van der Waals surface area contributed by atoms with E-state index in [2.05, 4.69) is 19.2 Å². The van der Waals surface area contributed by atoms with E-state index in [1.54, 1.807) is 0 Å². The van der Waals surface area contributed by atoms with E-state index in [0.29, 0.717) is 5.92 Å². The van der Waals surface area contributed by atoms with E-state index in [9.17, 15) is 9.90 Å². The summed E-state index contributed by atoms with van der Waals surface area (Å²) >= 11 is 0. The van der Waals surface area contributed by atoms with Crippen molar-refractivity contribution in [3.05, 3.63) is 0 Å². The lowest BCUT2D eigenvalue weighted by molar-refractivity contribution is -0.133. The number of carbonyl (C=O) groups is 1. The molecule has 2 aliphatic carbocycles. The van der Waals surface area contributed by atoms with Crippen LogP contribution >= 0.6 is 0 Å².